The number of amides is 1. The van der Waals surface area contributed by atoms with E-state index in [2.05, 4.69) is 62.0 Å². The van der Waals surface area contributed by atoms with E-state index in [-0.39, 0.29) is 28.5 Å². The van der Waals surface area contributed by atoms with Gasteiger partial charge in [0.15, 0.2) is 0 Å². The summed E-state index contributed by atoms with van der Waals surface area (Å²) in [6.07, 6.45) is 9.78. The predicted octanol–water partition coefficient (Wildman–Crippen LogP) is 9.11. The van der Waals surface area contributed by atoms with Gasteiger partial charge in [-0.2, -0.15) is 10.4 Å². The fourth-order valence-corrected chi connectivity index (χ4v) is 10.7. The molecule has 1 saturated carbocycles. The van der Waals surface area contributed by atoms with E-state index in [9.17, 15) is 28.6 Å². The summed E-state index contributed by atoms with van der Waals surface area (Å²) in [5, 5.41) is 30.8. The number of fused-ring (bicyclic) bond motifs is 2. The lowest BCUT2D eigenvalue weighted by Gasteiger charge is -2.39. The van der Waals surface area contributed by atoms with Crippen LogP contribution in [0.15, 0.2) is 95.7 Å². The Hall–Kier alpha value is -6.28. The number of rotatable bonds is 12. The number of nitro groups is 1. The Morgan fingerprint density at radius 1 is 1.02 bits per heavy atom. The molecule has 3 aromatic carbocycles. The summed E-state index contributed by atoms with van der Waals surface area (Å²) in [6.45, 7) is 9.10. The van der Waals surface area contributed by atoms with Crippen LogP contribution < -0.4 is 14.9 Å². The molecule has 2 fully saturated rings. The quantitative estimate of drug-likeness (QED) is 0.0783. The van der Waals surface area contributed by atoms with Crippen LogP contribution in [-0.2, 0) is 10.0 Å². The molecule has 65 heavy (non-hydrogen) atoms. The van der Waals surface area contributed by atoms with Gasteiger partial charge in [0.1, 0.15) is 16.9 Å². The Morgan fingerprint density at radius 2 is 1.78 bits per heavy atom. The van der Waals surface area contributed by atoms with Gasteiger partial charge in [-0.3, -0.25) is 19.8 Å². The SMILES string of the molecule is CC1(C)CCC(CN2CCN(c3ccc(C(=O)NS(=O)(=O)c4ccc(NCC5CCC(C#N)CC5)c([N+](=O)[O-])c4)c(-n4ncc5nc6[nH]ccc6cc54)c3)CC2)=C(c2ccc(Cl)cc2)C1. The molecule has 336 valence electrons. The number of nitriles is 1. The molecule has 15 nitrogen and oxygen atoms in total. The molecule has 3 aromatic heterocycles. The summed E-state index contributed by atoms with van der Waals surface area (Å²) >= 11 is 6.26. The van der Waals surface area contributed by atoms with E-state index < -0.39 is 31.4 Å². The first-order valence-electron chi connectivity index (χ1n) is 22.1. The largest absolute Gasteiger partial charge is 0.379 e. The van der Waals surface area contributed by atoms with E-state index in [1.807, 2.05) is 36.4 Å². The molecule has 3 N–H and O–H groups in total. The lowest BCUT2D eigenvalue weighted by Crippen LogP contribution is -2.47. The maximum Gasteiger partial charge on any atom is 0.293 e. The number of carbonyl (C=O) groups is 1. The number of nitrogens with zero attached hydrogens (tertiary/aromatic N) is 7. The summed E-state index contributed by atoms with van der Waals surface area (Å²) in [5.41, 5.74) is 7.18. The molecule has 4 heterocycles. The lowest BCUT2D eigenvalue weighted by molar-refractivity contribution is -0.384. The van der Waals surface area contributed by atoms with Gasteiger partial charge in [-0.25, -0.2) is 22.8 Å². The van der Waals surface area contributed by atoms with Crippen molar-refractivity contribution < 1.29 is 18.1 Å². The van der Waals surface area contributed by atoms with Gasteiger partial charge in [-0.1, -0.05) is 43.2 Å². The van der Waals surface area contributed by atoms with Crippen LogP contribution in [0.2, 0.25) is 5.02 Å². The molecular formula is C48H51ClN10O5S. The maximum absolute atomic E-state index is 14.2. The first-order chi connectivity index (χ1) is 31.2. The van der Waals surface area contributed by atoms with Crippen LogP contribution in [0.4, 0.5) is 17.1 Å². The average Bonchev–Trinajstić information content (AvgIpc) is 3.94. The van der Waals surface area contributed by atoms with Crippen LogP contribution in [0.25, 0.3) is 33.3 Å². The minimum absolute atomic E-state index is 0.0288. The van der Waals surface area contributed by atoms with Crippen LogP contribution in [0.3, 0.4) is 0 Å². The molecule has 0 bridgehead atoms. The summed E-state index contributed by atoms with van der Waals surface area (Å²) in [4.78, 5) is 37.9. The molecule has 0 unspecified atom stereocenters. The van der Waals surface area contributed by atoms with Gasteiger partial charge >= 0.3 is 0 Å². The van der Waals surface area contributed by atoms with E-state index in [1.165, 1.54) is 28.8 Å². The minimum Gasteiger partial charge on any atom is -0.379 e. The summed E-state index contributed by atoms with van der Waals surface area (Å²) < 4.78 is 31.5. The Morgan fingerprint density at radius 3 is 2.52 bits per heavy atom. The number of H-pyrrole nitrogens is 1. The second-order valence-corrected chi connectivity index (χ2v) is 20.5. The summed E-state index contributed by atoms with van der Waals surface area (Å²) in [7, 11) is -4.59. The van der Waals surface area contributed by atoms with Crippen molar-refractivity contribution in [2.45, 2.75) is 63.7 Å². The van der Waals surface area contributed by atoms with Crippen LogP contribution in [0, 0.1) is 38.7 Å². The number of carbonyl (C=O) groups excluding carboxylic acids is 1. The van der Waals surface area contributed by atoms with Gasteiger partial charge in [-0.15, -0.1) is 0 Å². The molecule has 17 heteroatoms. The number of allylic oxidation sites excluding steroid dienone is 1. The van der Waals surface area contributed by atoms with Crippen molar-refractivity contribution in [3.05, 3.63) is 117 Å². The van der Waals surface area contributed by atoms with Gasteiger partial charge in [0.2, 0.25) is 0 Å². The topological polar surface area (TPSA) is 195 Å². The number of benzene rings is 3. The van der Waals surface area contributed by atoms with Gasteiger partial charge in [-0.05, 0) is 122 Å². The molecule has 0 atom stereocenters. The highest BCUT2D eigenvalue weighted by molar-refractivity contribution is 7.90. The van der Waals surface area contributed by atoms with Crippen LogP contribution in [-0.4, -0.2) is 83.2 Å². The zero-order chi connectivity index (χ0) is 45.5. The molecule has 0 spiro atoms. The molecule has 6 aromatic rings. The number of aromatic amines is 1. The van der Waals surface area contributed by atoms with Crippen LogP contribution in [0.1, 0.15) is 74.7 Å². The van der Waals surface area contributed by atoms with Gasteiger partial charge in [0, 0.05) is 73.5 Å². The number of hydrogen-bond acceptors (Lipinski definition) is 11. The smallest absolute Gasteiger partial charge is 0.293 e. The van der Waals surface area contributed by atoms with Gasteiger partial charge < -0.3 is 15.2 Å². The number of nitro benzene ring substituents is 1. The highest BCUT2D eigenvalue weighted by atomic mass is 35.5. The van der Waals surface area contributed by atoms with Crippen molar-refractivity contribution in [3.63, 3.8) is 0 Å². The molecule has 1 amide bonds. The van der Waals surface area contributed by atoms with E-state index >= 15 is 0 Å². The van der Waals surface area contributed by atoms with Crippen molar-refractivity contribution in [2.75, 3.05) is 49.5 Å². The zero-order valence-corrected chi connectivity index (χ0v) is 38.0. The molecule has 1 aliphatic heterocycles. The normalized spacial score (nSPS) is 19.3. The second-order valence-electron chi connectivity index (χ2n) is 18.4. The highest BCUT2D eigenvalue weighted by Crippen LogP contribution is 2.43. The number of halogens is 1. The second kappa shape index (κ2) is 17.9. The van der Waals surface area contributed by atoms with Crippen molar-refractivity contribution in [1.82, 2.24) is 29.4 Å². The third-order valence-corrected chi connectivity index (χ3v) is 14.9. The van der Waals surface area contributed by atoms with E-state index in [1.54, 1.807) is 23.1 Å². The van der Waals surface area contributed by atoms with Crippen molar-refractivity contribution in [3.8, 4) is 11.8 Å². The number of pyridine rings is 1. The number of sulfonamides is 1. The predicted molar refractivity (Wildman–Crippen MR) is 253 cm³/mol. The Kier molecular flexibility index (Phi) is 12.1. The summed E-state index contributed by atoms with van der Waals surface area (Å²) in [5.74, 6) is -0.661. The number of aromatic nitrogens is 4. The first kappa shape index (κ1) is 43.9. The van der Waals surface area contributed by atoms with Gasteiger partial charge in [0.05, 0.1) is 38.9 Å². The van der Waals surface area contributed by atoms with Crippen molar-refractivity contribution >= 4 is 72.2 Å². The fourth-order valence-electron chi connectivity index (χ4n) is 9.56. The molecule has 2 aliphatic carbocycles. The number of hydrogen-bond donors (Lipinski definition) is 3. The molecule has 3 aliphatic rings. The Labute approximate surface area is 382 Å². The maximum atomic E-state index is 14.2. The Balaban J connectivity index is 0.964. The van der Waals surface area contributed by atoms with Crippen molar-refractivity contribution in [1.29, 1.82) is 5.26 Å². The molecule has 1 saturated heterocycles. The molecule has 9 rings (SSSR count). The van der Waals surface area contributed by atoms with Gasteiger partial charge in [0.25, 0.3) is 21.6 Å². The zero-order valence-electron chi connectivity index (χ0n) is 36.4. The molecule has 0 radical (unpaired) electrons. The fraction of sp³-hybridized carbons (Fsp3) is 0.375. The lowest BCUT2D eigenvalue weighted by atomic mass is 9.72. The van der Waals surface area contributed by atoms with Crippen molar-refractivity contribution in [2.24, 2.45) is 17.3 Å². The monoisotopic (exact) mass is 914 g/mol. The van der Waals surface area contributed by atoms with E-state index in [0.29, 0.717) is 28.9 Å². The minimum atomic E-state index is -4.59. The third kappa shape index (κ3) is 9.45. The van der Waals surface area contributed by atoms with E-state index in [0.717, 1.165) is 99.8 Å². The highest BCUT2D eigenvalue weighted by Gasteiger charge is 2.31. The number of anilines is 2. The Bertz CT molecular complexity index is 2980. The van der Waals surface area contributed by atoms with Crippen LogP contribution >= 0.6 is 11.6 Å². The number of piperazine rings is 1. The van der Waals surface area contributed by atoms with Crippen LogP contribution in [0.5, 0.6) is 0 Å². The molecular weight excluding hydrogens is 864 g/mol. The summed E-state index contributed by atoms with van der Waals surface area (Å²) in [6, 6.07) is 23.1. The average molecular weight is 916 g/mol. The number of nitrogens with one attached hydrogen (secondary N) is 3. The first-order valence-corrected chi connectivity index (χ1v) is 24.0. The third-order valence-electron chi connectivity index (χ3n) is 13.4. The van der Waals surface area contributed by atoms with E-state index in [4.69, 9.17) is 16.6 Å². The standard InChI is InChI=1S/C48H51ClN10O5S/c1-48(2)17-15-35(40(26-48)33-7-9-36(49)10-8-33)30-56-19-21-57(22-20-56)37-11-13-39(43(24-37)58-44-23-34-16-18-51-46(34)54-42(44)29-53-58)47(60)55-65(63,64)38-12-14-41(45(25-38)59(61)62)52-28-32-5-3-31(27-50)4-6-32/h7-14,16,18,23-25,29,31-32,52H,3-6,15,17,19-22,26,28,30H2,1-2H3,(H,51,54)(H,55,60).